The van der Waals surface area contributed by atoms with E-state index in [0.29, 0.717) is 0 Å². The van der Waals surface area contributed by atoms with Crippen LogP contribution in [0.1, 0.15) is 19.8 Å². The Balaban J connectivity index is 3.91. The smallest absolute Gasteiger partial charge is 0.320 e. The summed E-state index contributed by atoms with van der Waals surface area (Å²) in [7, 11) is 1.46. The lowest BCUT2D eigenvalue weighted by Gasteiger charge is -2.11. The molecule has 0 aliphatic carbocycles. The van der Waals surface area contributed by atoms with Gasteiger partial charge in [-0.1, -0.05) is 0 Å². The van der Waals surface area contributed by atoms with Crippen LogP contribution in [0.2, 0.25) is 0 Å². The van der Waals surface area contributed by atoms with Gasteiger partial charge in [-0.2, -0.15) is 0 Å². The van der Waals surface area contributed by atoms with Crippen LogP contribution >= 0.6 is 0 Å². The van der Waals surface area contributed by atoms with Crippen molar-refractivity contribution in [2.45, 2.75) is 25.8 Å². The molecular formula is C15H25N5O7. The molecule has 0 unspecified atom stereocenters. The lowest BCUT2D eigenvalue weighted by atomic mass is 10.1. The molecule has 0 fully saturated rings. The SMILES string of the molecule is CN[C@@H](CCC(=O)NCC(=O)NCC(=O)NCC(=O)NCC(C)=O)C(=O)O. The van der Waals surface area contributed by atoms with E-state index in [1.165, 1.54) is 14.0 Å². The molecule has 6 N–H and O–H groups in total. The average molecular weight is 387 g/mol. The lowest BCUT2D eigenvalue weighted by Crippen LogP contribution is -2.44. The summed E-state index contributed by atoms with van der Waals surface area (Å²) in [5, 5.41) is 20.4. The highest BCUT2D eigenvalue weighted by Crippen LogP contribution is 1.96. The number of Topliss-reactive ketones (excluding diaryl/α,β-unsaturated/α-hetero) is 1. The molecule has 0 aliphatic rings. The molecule has 0 saturated heterocycles. The van der Waals surface area contributed by atoms with Gasteiger partial charge in [-0.3, -0.25) is 28.8 Å². The minimum atomic E-state index is -1.08. The first-order chi connectivity index (χ1) is 12.6. The van der Waals surface area contributed by atoms with Crippen LogP contribution in [0.25, 0.3) is 0 Å². The second kappa shape index (κ2) is 13.2. The molecular weight excluding hydrogens is 362 g/mol. The quantitative estimate of drug-likeness (QED) is 0.188. The molecule has 0 aromatic heterocycles. The zero-order valence-corrected chi connectivity index (χ0v) is 15.2. The monoisotopic (exact) mass is 387 g/mol. The number of rotatable bonds is 13. The normalized spacial score (nSPS) is 11.0. The fraction of sp³-hybridized carbons (Fsp3) is 0.600. The summed E-state index contributed by atoms with van der Waals surface area (Å²) < 4.78 is 0. The van der Waals surface area contributed by atoms with Gasteiger partial charge in [0.25, 0.3) is 0 Å². The zero-order valence-electron chi connectivity index (χ0n) is 15.2. The number of hydrogen-bond donors (Lipinski definition) is 6. The third-order valence-corrected chi connectivity index (χ3v) is 3.18. The second-order valence-corrected chi connectivity index (χ2v) is 5.53. The minimum Gasteiger partial charge on any atom is -0.480 e. The molecule has 0 bridgehead atoms. The summed E-state index contributed by atoms with van der Waals surface area (Å²) >= 11 is 0. The third kappa shape index (κ3) is 12.9. The fourth-order valence-corrected chi connectivity index (χ4v) is 1.70. The Bertz CT molecular complexity index is 579. The van der Waals surface area contributed by atoms with Gasteiger partial charge in [0.15, 0.2) is 0 Å². The Kier molecular flexibility index (Phi) is 11.7. The number of ketones is 1. The highest BCUT2D eigenvalue weighted by atomic mass is 16.4. The van der Waals surface area contributed by atoms with E-state index in [1.807, 2.05) is 0 Å². The van der Waals surface area contributed by atoms with Gasteiger partial charge in [0, 0.05) is 6.42 Å². The van der Waals surface area contributed by atoms with Crippen LogP contribution in [0.5, 0.6) is 0 Å². The average Bonchev–Trinajstić information content (AvgIpc) is 2.61. The summed E-state index contributed by atoms with van der Waals surface area (Å²) in [6.07, 6.45) is -0.0195. The molecule has 0 radical (unpaired) electrons. The maximum Gasteiger partial charge on any atom is 0.320 e. The third-order valence-electron chi connectivity index (χ3n) is 3.18. The van der Waals surface area contributed by atoms with Crippen molar-refractivity contribution in [1.29, 1.82) is 0 Å². The number of aliphatic carboxylic acids is 1. The Morgan fingerprint density at radius 3 is 1.52 bits per heavy atom. The summed E-state index contributed by atoms with van der Waals surface area (Å²) in [5.41, 5.74) is 0. The predicted molar refractivity (Wildman–Crippen MR) is 92.4 cm³/mol. The van der Waals surface area contributed by atoms with Crippen LogP contribution < -0.4 is 26.6 Å². The predicted octanol–water partition coefficient (Wildman–Crippen LogP) is -3.51. The largest absolute Gasteiger partial charge is 0.480 e. The number of hydrogen-bond acceptors (Lipinski definition) is 7. The van der Waals surface area contributed by atoms with Gasteiger partial charge < -0.3 is 31.7 Å². The fourth-order valence-electron chi connectivity index (χ4n) is 1.70. The molecule has 0 aliphatic heterocycles. The number of carbonyl (C=O) groups is 6. The van der Waals surface area contributed by atoms with Gasteiger partial charge >= 0.3 is 5.97 Å². The van der Waals surface area contributed by atoms with Gasteiger partial charge in [-0.15, -0.1) is 0 Å². The number of carboxylic acids is 1. The molecule has 4 amide bonds. The molecule has 0 aromatic carbocycles. The van der Waals surface area contributed by atoms with Gasteiger partial charge in [0.1, 0.15) is 11.8 Å². The molecule has 27 heavy (non-hydrogen) atoms. The number of carbonyl (C=O) groups excluding carboxylic acids is 5. The van der Waals surface area contributed by atoms with E-state index in [2.05, 4.69) is 26.6 Å². The van der Waals surface area contributed by atoms with E-state index in [0.717, 1.165) is 0 Å². The summed E-state index contributed by atoms with van der Waals surface area (Å²) in [4.78, 5) is 67.3. The van der Waals surface area contributed by atoms with Crippen LogP contribution in [-0.4, -0.2) is 79.8 Å². The van der Waals surface area contributed by atoms with Crippen molar-refractivity contribution in [2.75, 3.05) is 33.2 Å². The molecule has 12 heteroatoms. The van der Waals surface area contributed by atoms with Crippen molar-refractivity contribution >= 4 is 35.4 Å². The summed E-state index contributed by atoms with van der Waals surface area (Å²) in [6, 6.07) is -0.860. The number of nitrogens with one attached hydrogen (secondary N) is 5. The Morgan fingerprint density at radius 2 is 1.15 bits per heavy atom. The maximum absolute atomic E-state index is 11.6. The van der Waals surface area contributed by atoms with Crippen molar-refractivity contribution in [2.24, 2.45) is 0 Å². The molecule has 0 heterocycles. The van der Waals surface area contributed by atoms with Crippen LogP contribution in [0.4, 0.5) is 0 Å². The standard InChI is InChI=1S/C15H25N5O7/c1-9(21)5-17-12(23)7-19-14(25)8-20-13(24)6-18-11(22)4-3-10(16-2)15(26)27/h10,16H,3-8H2,1-2H3,(H,17,23)(H,18,22)(H,19,25)(H,20,24)(H,26,27)/t10-/m0/s1. The van der Waals surface area contributed by atoms with E-state index in [-0.39, 0.29) is 38.3 Å². The first-order valence-corrected chi connectivity index (χ1v) is 8.12. The van der Waals surface area contributed by atoms with Gasteiger partial charge in [0.05, 0.1) is 26.2 Å². The lowest BCUT2D eigenvalue weighted by molar-refractivity contribution is -0.139. The number of carboxylic acid groups (broad SMARTS) is 1. The molecule has 152 valence electrons. The van der Waals surface area contributed by atoms with E-state index in [1.54, 1.807) is 0 Å². The van der Waals surface area contributed by atoms with E-state index in [9.17, 15) is 28.8 Å². The second-order valence-electron chi connectivity index (χ2n) is 5.53. The molecule has 0 saturated carbocycles. The van der Waals surface area contributed by atoms with Gasteiger partial charge in [0.2, 0.25) is 23.6 Å². The van der Waals surface area contributed by atoms with E-state index < -0.39 is 42.2 Å². The highest BCUT2D eigenvalue weighted by molar-refractivity contribution is 5.91. The molecule has 12 nitrogen and oxygen atoms in total. The van der Waals surface area contributed by atoms with E-state index >= 15 is 0 Å². The first kappa shape index (κ1) is 24.0. The molecule has 0 aromatic rings. The Labute approximate surface area is 155 Å². The molecule has 0 rings (SSSR count). The maximum atomic E-state index is 11.6. The summed E-state index contributed by atoms with van der Waals surface area (Å²) in [6.45, 7) is 0.0675. The number of amides is 4. The van der Waals surface area contributed by atoms with E-state index in [4.69, 9.17) is 5.11 Å². The Morgan fingerprint density at radius 1 is 0.741 bits per heavy atom. The summed E-state index contributed by atoms with van der Waals surface area (Å²) in [5.74, 6) is -3.59. The topological polar surface area (TPSA) is 183 Å². The van der Waals surface area contributed by atoms with Crippen molar-refractivity contribution in [3.63, 3.8) is 0 Å². The van der Waals surface area contributed by atoms with Crippen LogP contribution in [0.3, 0.4) is 0 Å². The van der Waals surface area contributed by atoms with Crippen molar-refractivity contribution in [3.8, 4) is 0 Å². The molecule has 0 spiro atoms. The zero-order chi connectivity index (χ0) is 20.8. The Hall–Kier alpha value is -3.02. The van der Waals surface area contributed by atoms with Crippen molar-refractivity contribution in [1.82, 2.24) is 26.6 Å². The first-order valence-electron chi connectivity index (χ1n) is 8.12. The van der Waals surface area contributed by atoms with Crippen molar-refractivity contribution < 1.29 is 33.9 Å². The van der Waals surface area contributed by atoms with Crippen molar-refractivity contribution in [3.05, 3.63) is 0 Å². The minimum absolute atomic E-state index is 0.0629. The van der Waals surface area contributed by atoms with Crippen LogP contribution in [0, 0.1) is 0 Å². The van der Waals surface area contributed by atoms with Crippen LogP contribution in [-0.2, 0) is 28.8 Å². The van der Waals surface area contributed by atoms with Gasteiger partial charge in [-0.05, 0) is 20.4 Å². The number of likely N-dealkylation sites (N-methyl/N-ethyl adjacent to an activating group) is 1. The van der Waals surface area contributed by atoms with Crippen LogP contribution in [0.15, 0.2) is 0 Å². The highest BCUT2D eigenvalue weighted by Gasteiger charge is 2.16. The van der Waals surface area contributed by atoms with Gasteiger partial charge in [-0.25, -0.2) is 0 Å². The molecule has 1 atom stereocenters.